The first-order valence-electron chi connectivity index (χ1n) is 4.13. The van der Waals surface area contributed by atoms with Crippen LogP contribution in [0, 0.1) is 5.41 Å². The van der Waals surface area contributed by atoms with E-state index in [1.54, 1.807) is 13.0 Å². The smallest absolute Gasteiger partial charge is 0.0594 e. The van der Waals surface area contributed by atoms with Gasteiger partial charge in [-0.3, -0.25) is 0 Å². The van der Waals surface area contributed by atoms with E-state index in [4.69, 9.17) is 10.2 Å². The van der Waals surface area contributed by atoms with Gasteiger partial charge in [-0.05, 0) is 19.8 Å². The Morgan fingerprint density at radius 3 is 2.33 bits per heavy atom. The molecule has 0 saturated heterocycles. The summed E-state index contributed by atoms with van der Waals surface area (Å²) >= 11 is 0. The van der Waals surface area contributed by atoms with Gasteiger partial charge in [-0.2, -0.15) is 0 Å². The van der Waals surface area contributed by atoms with Crippen LogP contribution in [0.1, 0.15) is 19.8 Å². The number of rotatable bonds is 6. The molecule has 0 unspecified atom stereocenters. The fraction of sp³-hybridized carbons (Fsp3) is 0.778. The Balaban J connectivity index is 4.38. The molecule has 0 rings (SSSR count). The van der Waals surface area contributed by atoms with Crippen molar-refractivity contribution < 1.29 is 15.3 Å². The molecular formula is C9H18O3. The van der Waals surface area contributed by atoms with Gasteiger partial charge in [0, 0.05) is 12.0 Å². The van der Waals surface area contributed by atoms with Crippen molar-refractivity contribution in [1.29, 1.82) is 0 Å². The van der Waals surface area contributed by atoms with Crippen LogP contribution in [0.15, 0.2) is 12.7 Å². The standard InChI is InChI=1S/C9H18O3/c1-3-4-9(7-11,5-6-10)8(2)12/h3,8,10-12H,1,4-7H2,2H3/t8-,9+/m1/s1. The Morgan fingerprint density at radius 2 is 2.08 bits per heavy atom. The molecular weight excluding hydrogens is 156 g/mol. The Kier molecular flexibility index (Phi) is 5.13. The fourth-order valence-corrected chi connectivity index (χ4v) is 1.27. The molecule has 0 aliphatic heterocycles. The number of allylic oxidation sites excluding steroid dienone is 1. The molecule has 3 nitrogen and oxygen atoms in total. The van der Waals surface area contributed by atoms with Crippen molar-refractivity contribution >= 4 is 0 Å². The topological polar surface area (TPSA) is 60.7 Å². The molecule has 0 radical (unpaired) electrons. The van der Waals surface area contributed by atoms with Gasteiger partial charge in [0.15, 0.2) is 0 Å². The number of aliphatic hydroxyl groups excluding tert-OH is 3. The average molecular weight is 174 g/mol. The minimum absolute atomic E-state index is 0.0285. The van der Waals surface area contributed by atoms with Crippen LogP contribution in [0.2, 0.25) is 0 Å². The first-order valence-corrected chi connectivity index (χ1v) is 4.13. The highest BCUT2D eigenvalue weighted by Gasteiger charge is 2.32. The summed E-state index contributed by atoms with van der Waals surface area (Å²) in [4.78, 5) is 0. The van der Waals surface area contributed by atoms with Gasteiger partial charge in [-0.15, -0.1) is 6.58 Å². The Bertz CT molecular complexity index is 134. The van der Waals surface area contributed by atoms with E-state index in [0.717, 1.165) is 0 Å². The van der Waals surface area contributed by atoms with Crippen LogP contribution >= 0.6 is 0 Å². The van der Waals surface area contributed by atoms with Crippen LogP contribution in [-0.4, -0.2) is 34.6 Å². The molecule has 0 aromatic rings. The van der Waals surface area contributed by atoms with Crippen molar-refractivity contribution in [2.75, 3.05) is 13.2 Å². The quantitative estimate of drug-likeness (QED) is 0.508. The second-order valence-electron chi connectivity index (χ2n) is 3.16. The fourth-order valence-electron chi connectivity index (χ4n) is 1.27. The summed E-state index contributed by atoms with van der Waals surface area (Å²) in [6.45, 7) is 5.02. The van der Waals surface area contributed by atoms with Crippen molar-refractivity contribution in [2.24, 2.45) is 5.41 Å². The van der Waals surface area contributed by atoms with E-state index in [0.29, 0.717) is 12.8 Å². The number of hydrogen-bond acceptors (Lipinski definition) is 3. The van der Waals surface area contributed by atoms with Gasteiger partial charge >= 0.3 is 0 Å². The van der Waals surface area contributed by atoms with Gasteiger partial charge in [-0.1, -0.05) is 6.08 Å². The highest BCUT2D eigenvalue weighted by Crippen LogP contribution is 2.30. The van der Waals surface area contributed by atoms with E-state index >= 15 is 0 Å². The van der Waals surface area contributed by atoms with Crippen LogP contribution in [0.5, 0.6) is 0 Å². The van der Waals surface area contributed by atoms with Crippen LogP contribution in [0.3, 0.4) is 0 Å². The van der Waals surface area contributed by atoms with Gasteiger partial charge in [0.25, 0.3) is 0 Å². The van der Waals surface area contributed by atoms with E-state index in [-0.39, 0.29) is 13.2 Å². The monoisotopic (exact) mass is 174 g/mol. The zero-order chi connectivity index (χ0) is 9.61. The van der Waals surface area contributed by atoms with Crippen molar-refractivity contribution in [2.45, 2.75) is 25.9 Å². The second kappa shape index (κ2) is 5.30. The molecule has 0 heterocycles. The van der Waals surface area contributed by atoms with E-state index in [1.807, 2.05) is 0 Å². The minimum Gasteiger partial charge on any atom is -0.396 e. The normalized spacial score (nSPS) is 18.3. The Labute approximate surface area is 73.4 Å². The predicted molar refractivity (Wildman–Crippen MR) is 47.7 cm³/mol. The van der Waals surface area contributed by atoms with E-state index in [9.17, 15) is 5.11 Å². The van der Waals surface area contributed by atoms with Crippen LogP contribution in [0.4, 0.5) is 0 Å². The SMILES string of the molecule is C=CC[C@@](CO)(CCO)[C@@H](C)O. The lowest BCUT2D eigenvalue weighted by Gasteiger charge is -2.33. The number of aliphatic hydroxyl groups is 3. The third-order valence-electron chi connectivity index (χ3n) is 2.36. The molecule has 3 N–H and O–H groups in total. The summed E-state index contributed by atoms with van der Waals surface area (Å²) < 4.78 is 0. The van der Waals surface area contributed by atoms with Gasteiger partial charge in [0.2, 0.25) is 0 Å². The van der Waals surface area contributed by atoms with Crippen molar-refractivity contribution in [3.63, 3.8) is 0 Å². The van der Waals surface area contributed by atoms with Crippen molar-refractivity contribution in [1.82, 2.24) is 0 Å². The molecule has 3 heteroatoms. The second-order valence-corrected chi connectivity index (χ2v) is 3.16. The highest BCUT2D eigenvalue weighted by molar-refractivity contribution is 4.89. The maximum Gasteiger partial charge on any atom is 0.0594 e. The van der Waals surface area contributed by atoms with E-state index in [2.05, 4.69) is 6.58 Å². The largest absolute Gasteiger partial charge is 0.396 e. The van der Waals surface area contributed by atoms with Crippen molar-refractivity contribution in [3.05, 3.63) is 12.7 Å². The Hall–Kier alpha value is -0.380. The third-order valence-corrected chi connectivity index (χ3v) is 2.36. The van der Waals surface area contributed by atoms with Crippen LogP contribution < -0.4 is 0 Å². The summed E-state index contributed by atoms with van der Waals surface area (Å²) in [6.07, 6.45) is 1.93. The van der Waals surface area contributed by atoms with Gasteiger partial charge in [0.05, 0.1) is 12.7 Å². The predicted octanol–water partition coefficient (Wildman–Crippen LogP) is 0.304. The van der Waals surface area contributed by atoms with Gasteiger partial charge < -0.3 is 15.3 Å². The Morgan fingerprint density at radius 1 is 1.50 bits per heavy atom. The highest BCUT2D eigenvalue weighted by atomic mass is 16.3. The molecule has 0 bridgehead atoms. The molecule has 2 atom stereocenters. The summed E-state index contributed by atoms with van der Waals surface area (Å²) in [5, 5.41) is 27.2. The maximum absolute atomic E-state index is 9.41. The first-order chi connectivity index (χ1) is 5.63. The maximum atomic E-state index is 9.41. The molecule has 12 heavy (non-hydrogen) atoms. The van der Waals surface area contributed by atoms with Crippen LogP contribution in [0.25, 0.3) is 0 Å². The molecule has 0 aliphatic carbocycles. The van der Waals surface area contributed by atoms with Gasteiger partial charge in [-0.25, -0.2) is 0 Å². The lowest BCUT2D eigenvalue weighted by atomic mass is 9.77. The molecule has 72 valence electrons. The summed E-state index contributed by atoms with van der Waals surface area (Å²) in [7, 11) is 0. The lowest BCUT2D eigenvalue weighted by Crippen LogP contribution is -2.37. The summed E-state index contributed by atoms with van der Waals surface area (Å²) in [6, 6.07) is 0. The lowest BCUT2D eigenvalue weighted by molar-refractivity contribution is -0.0209. The molecule has 0 aromatic heterocycles. The zero-order valence-corrected chi connectivity index (χ0v) is 7.53. The molecule has 0 fully saturated rings. The molecule has 0 saturated carbocycles. The van der Waals surface area contributed by atoms with Crippen molar-refractivity contribution in [3.8, 4) is 0 Å². The van der Waals surface area contributed by atoms with E-state index < -0.39 is 11.5 Å². The van der Waals surface area contributed by atoms with Gasteiger partial charge in [0.1, 0.15) is 0 Å². The molecule has 0 spiro atoms. The molecule has 0 aliphatic rings. The number of hydrogen-bond donors (Lipinski definition) is 3. The summed E-state index contributed by atoms with van der Waals surface area (Å²) in [5.74, 6) is 0. The average Bonchev–Trinajstić information content (AvgIpc) is 2.03. The van der Waals surface area contributed by atoms with E-state index in [1.165, 1.54) is 0 Å². The zero-order valence-electron chi connectivity index (χ0n) is 7.53. The third kappa shape index (κ3) is 2.59. The molecule has 0 amide bonds. The van der Waals surface area contributed by atoms with Crippen LogP contribution in [-0.2, 0) is 0 Å². The molecule has 0 aromatic carbocycles. The minimum atomic E-state index is -0.632. The summed E-state index contributed by atoms with van der Waals surface area (Å²) in [5.41, 5.74) is -0.615. The first kappa shape index (κ1) is 11.6.